The average Bonchev–Trinajstić information content (AvgIpc) is 2.79. The van der Waals surface area contributed by atoms with Crippen molar-refractivity contribution in [2.45, 2.75) is 143 Å². The Balaban J connectivity index is 3.64. The third kappa shape index (κ3) is 17.5. The highest BCUT2D eigenvalue weighted by Gasteiger charge is 2.26. The monoisotopic (exact) mass is 454 g/mol. The van der Waals surface area contributed by atoms with Crippen LogP contribution in [-0.2, 0) is 19.1 Å². The standard InChI is InChI=1S/C28H54O4/c1-5-9-23-31-27(29)22-20-18-16-14-12-11-13-15-17-19-21-25(7-3)26(8-4)28(30)32-24-10-6-2/h25-26H,5-24H2,1-4H3. The molecule has 4 heteroatoms. The molecule has 2 unspecified atom stereocenters. The molecule has 0 aliphatic carbocycles. The normalized spacial score (nSPS) is 13.0. The van der Waals surface area contributed by atoms with Gasteiger partial charge in [0.05, 0.1) is 19.1 Å². The fraction of sp³-hybridized carbons (Fsp3) is 0.929. The molecular formula is C28H54O4. The van der Waals surface area contributed by atoms with Crippen LogP contribution in [0.4, 0.5) is 0 Å². The van der Waals surface area contributed by atoms with Crippen molar-refractivity contribution < 1.29 is 19.1 Å². The molecule has 0 spiro atoms. The maximum absolute atomic E-state index is 12.4. The van der Waals surface area contributed by atoms with Gasteiger partial charge in [-0.3, -0.25) is 9.59 Å². The highest BCUT2D eigenvalue weighted by atomic mass is 16.5. The molecular weight excluding hydrogens is 400 g/mol. The highest BCUT2D eigenvalue weighted by molar-refractivity contribution is 5.72. The van der Waals surface area contributed by atoms with Crippen molar-refractivity contribution in [3.05, 3.63) is 0 Å². The summed E-state index contributed by atoms with van der Waals surface area (Å²) in [5, 5.41) is 0. The van der Waals surface area contributed by atoms with Gasteiger partial charge in [-0.25, -0.2) is 0 Å². The summed E-state index contributed by atoms with van der Waals surface area (Å²) in [5.74, 6) is 0.552. The van der Waals surface area contributed by atoms with Gasteiger partial charge in [-0.1, -0.05) is 105 Å². The summed E-state index contributed by atoms with van der Waals surface area (Å²) >= 11 is 0. The van der Waals surface area contributed by atoms with Crippen LogP contribution in [0.5, 0.6) is 0 Å². The zero-order valence-electron chi connectivity index (χ0n) is 21.9. The van der Waals surface area contributed by atoms with Crippen molar-refractivity contribution in [3.63, 3.8) is 0 Å². The minimum absolute atomic E-state index is 0.0256. The number of carbonyl (C=O) groups excluding carboxylic acids is 2. The molecule has 0 fully saturated rings. The van der Waals surface area contributed by atoms with Gasteiger partial charge < -0.3 is 9.47 Å². The topological polar surface area (TPSA) is 52.6 Å². The van der Waals surface area contributed by atoms with Crippen LogP contribution >= 0.6 is 0 Å². The van der Waals surface area contributed by atoms with Gasteiger partial charge >= 0.3 is 11.9 Å². The number of carbonyl (C=O) groups is 2. The van der Waals surface area contributed by atoms with Crippen molar-refractivity contribution >= 4 is 11.9 Å². The van der Waals surface area contributed by atoms with Gasteiger partial charge in [0, 0.05) is 6.42 Å². The number of rotatable bonds is 23. The quantitative estimate of drug-likeness (QED) is 0.115. The van der Waals surface area contributed by atoms with Crippen LogP contribution in [0.25, 0.3) is 0 Å². The van der Waals surface area contributed by atoms with E-state index in [1.165, 1.54) is 51.4 Å². The van der Waals surface area contributed by atoms with E-state index >= 15 is 0 Å². The summed E-state index contributed by atoms with van der Waals surface area (Å²) in [6, 6.07) is 0. The third-order valence-electron chi connectivity index (χ3n) is 6.54. The summed E-state index contributed by atoms with van der Waals surface area (Å²) in [6.45, 7) is 9.71. The Hall–Kier alpha value is -1.06. The molecule has 0 aliphatic heterocycles. The Kier molecular flexibility index (Phi) is 22.3. The van der Waals surface area contributed by atoms with E-state index in [0.29, 0.717) is 25.6 Å². The molecule has 4 nitrogen and oxygen atoms in total. The first kappa shape index (κ1) is 30.9. The first-order chi connectivity index (χ1) is 15.6. The van der Waals surface area contributed by atoms with Gasteiger partial charge in [-0.05, 0) is 38.0 Å². The molecule has 190 valence electrons. The van der Waals surface area contributed by atoms with Crippen LogP contribution in [-0.4, -0.2) is 25.2 Å². The van der Waals surface area contributed by atoms with Gasteiger partial charge in [-0.2, -0.15) is 0 Å². The first-order valence-corrected chi connectivity index (χ1v) is 13.9. The molecule has 0 aliphatic rings. The maximum Gasteiger partial charge on any atom is 0.309 e. The summed E-state index contributed by atoms with van der Waals surface area (Å²) in [7, 11) is 0. The van der Waals surface area contributed by atoms with Crippen molar-refractivity contribution in [3.8, 4) is 0 Å². The molecule has 0 aromatic carbocycles. The number of hydrogen-bond donors (Lipinski definition) is 0. The second-order valence-corrected chi connectivity index (χ2v) is 9.35. The molecule has 2 atom stereocenters. The molecule has 0 saturated carbocycles. The third-order valence-corrected chi connectivity index (χ3v) is 6.54. The SMILES string of the molecule is CCCCOC(=O)CCCCCCCCCCCCC(CC)C(CC)C(=O)OCCCC. The summed E-state index contributed by atoms with van der Waals surface area (Å²) in [6.07, 6.45) is 20.1. The Morgan fingerprint density at radius 3 is 1.59 bits per heavy atom. The van der Waals surface area contributed by atoms with E-state index in [1.807, 2.05) is 0 Å². The van der Waals surface area contributed by atoms with Crippen LogP contribution in [0.15, 0.2) is 0 Å². The Labute approximate surface area is 199 Å². The predicted octanol–water partition coefficient (Wildman–Crippen LogP) is 8.41. The second kappa shape index (κ2) is 23.1. The minimum atomic E-state index is -0.0256. The lowest BCUT2D eigenvalue weighted by atomic mass is 9.84. The number of unbranched alkanes of at least 4 members (excludes halogenated alkanes) is 11. The fourth-order valence-electron chi connectivity index (χ4n) is 4.30. The van der Waals surface area contributed by atoms with Crippen LogP contribution in [0, 0.1) is 11.8 Å². The van der Waals surface area contributed by atoms with Crippen LogP contribution in [0.3, 0.4) is 0 Å². The van der Waals surface area contributed by atoms with E-state index in [9.17, 15) is 9.59 Å². The lowest BCUT2D eigenvalue weighted by Crippen LogP contribution is -2.25. The van der Waals surface area contributed by atoms with Crippen molar-refractivity contribution in [2.75, 3.05) is 13.2 Å². The van der Waals surface area contributed by atoms with Crippen molar-refractivity contribution in [1.82, 2.24) is 0 Å². The van der Waals surface area contributed by atoms with Gasteiger partial charge in [-0.15, -0.1) is 0 Å². The Morgan fingerprint density at radius 2 is 1.09 bits per heavy atom. The first-order valence-electron chi connectivity index (χ1n) is 13.9. The zero-order valence-corrected chi connectivity index (χ0v) is 21.9. The van der Waals surface area contributed by atoms with E-state index < -0.39 is 0 Å². The smallest absolute Gasteiger partial charge is 0.309 e. The fourth-order valence-corrected chi connectivity index (χ4v) is 4.30. The molecule has 0 bridgehead atoms. The summed E-state index contributed by atoms with van der Waals surface area (Å²) < 4.78 is 10.7. The Morgan fingerprint density at radius 1 is 0.594 bits per heavy atom. The molecule has 0 aromatic heterocycles. The average molecular weight is 455 g/mol. The zero-order chi connectivity index (χ0) is 23.9. The molecule has 0 rings (SSSR count). The molecule has 0 saturated heterocycles. The summed E-state index contributed by atoms with van der Waals surface area (Å²) in [5.41, 5.74) is 0. The van der Waals surface area contributed by atoms with Gasteiger partial charge in [0.1, 0.15) is 0 Å². The largest absolute Gasteiger partial charge is 0.466 e. The lowest BCUT2D eigenvalue weighted by Gasteiger charge is -2.23. The van der Waals surface area contributed by atoms with Crippen LogP contribution < -0.4 is 0 Å². The molecule has 0 amide bonds. The summed E-state index contributed by atoms with van der Waals surface area (Å²) in [4.78, 5) is 23.9. The van der Waals surface area contributed by atoms with Crippen LogP contribution in [0.1, 0.15) is 143 Å². The van der Waals surface area contributed by atoms with Gasteiger partial charge in [0.25, 0.3) is 0 Å². The highest BCUT2D eigenvalue weighted by Crippen LogP contribution is 2.27. The molecule has 0 radical (unpaired) electrons. The van der Waals surface area contributed by atoms with Gasteiger partial charge in [0.15, 0.2) is 0 Å². The number of esters is 2. The number of ether oxygens (including phenoxy) is 2. The van der Waals surface area contributed by atoms with Crippen LogP contribution in [0.2, 0.25) is 0 Å². The molecule has 0 N–H and O–H groups in total. The van der Waals surface area contributed by atoms with E-state index in [0.717, 1.165) is 57.8 Å². The van der Waals surface area contributed by atoms with E-state index in [4.69, 9.17) is 9.47 Å². The molecule has 32 heavy (non-hydrogen) atoms. The van der Waals surface area contributed by atoms with Crippen molar-refractivity contribution in [1.29, 1.82) is 0 Å². The van der Waals surface area contributed by atoms with Crippen molar-refractivity contribution in [2.24, 2.45) is 11.8 Å². The lowest BCUT2D eigenvalue weighted by molar-refractivity contribution is -0.151. The van der Waals surface area contributed by atoms with E-state index in [-0.39, 0.29) is 17.9 Å². The van der Waals surface area contributed by atoms with E-state index in [2.05, 4.69) is 27.7 Å². The maximum atomic E-state index is 12.4. The number of hydrogen-bond acceptors (Lipinski definition) is 4. The predicted molar refractivity (Wildman–Crippen MR) is 135 cm³/mol. The Bertz CT molecular complexity index is 435. The minimum Gasteiger partial charge on any atom is -0.466 e. The van der Waals surface area contributed by atoms with Gasteiger partial charge in [0.2, 0.25) is 0 Å². The second-order valence-electron chi connectivity index (χ2n) is 9.35. The van der Waals surface area contributed by atoms with E-state index in [1.54, 1.807) is 0 Å². The molecule has 0 heterocycles. The molecule has 0 aromatic rings.